The highest BCUT2D eigenvalue weighted by molar-refractivity contribution is 5.82. The Bertz CT molecular complexity index is 590. The van der Waals surface area contributed by atoms with E-state index in [1.165, 1.54) is 23.8 Å². The van der Waals surface area contributed by atoms with Gasteiger partial charge in [0.05, 0.1) is 6.54 Å². The zero-order valence-corrected chi connectivity index (χ0v) is 12.4. The Balaban J connectivity index is 1.90. The summed E-state index contributed by atoms with van der Waals surface area (Å²) in [6, 6.07) is 8.83. The Morgan fingerprint density at radius 3 is 2.85 bits per heavy atom. The lowest BCUT2D eigenvalue weighted by atomic mass is 9.95. The van der Waals surface area contributed by atoms with Crippen LogP contribution >= 0.6 is 0 Å². The summed E-state index contributed by atoms with van der Waals surface area (Å²) in [4.78, 5) is 2.53. The lowest BCUT2D eigenvalue weighted by Gasteiger charge is -2.36. The molecule has 2 atom stereocenters. The number of fused-ring (bicyclic) bond motifs is 1. The minimum absolute atomic E-state index is 0.546. The molecule has 0 bridgehead atoms. The molecule has 0 amide bonds. The molecule has 1 aromatic heterocycles. The van der Waals surface area contributed by atoms with Gasteiger partial charge in [-0.25, -0.2) is 0 Å². The lowest BCUT2D eigenvalue weighted by molar-refractivity contribution is 0.109. The molecule has 1 aromatic carbocycles. The highest BCUT2D eigenvalue weighted by Gasteiger charge is 2.25. The molecule has 2 heterocycles. The summed E-state index contributed by atoms with van der Waals surface area (Å²) in [5, 5.41) is 1.17. The number of hydrogen-bond donors (Lipinski definition) is 1. The molecule has 1 aliphatic rings. The topological polar surface area (TPSA) is 42.4 Å². The lowest BCUT2D eigenvalue weighted by Crippen LogP contribution is -2.40. The molecule has 1 saturated heterocycles. The third kappa shape index (κ3) is 2.48. The van der Waals surface area contributed by atoms with Gasteiger partial charge in [0, 0.05) is 30.1 Å². The van der Waals surface area contributed by atoms with Crippen LogP contribution in [-0.4, -0.2) is 17.5 Å². The minimum atomic E-state index is 0.546. The summed E-state index contributed by atoms with van der Waals surface area (Å²) >= 11 is 0. The number of para-hydroxylation sites is 1. The van der Waals surface area contributed by atoms with Gasteiger partial charge < -0.3 is 10.2 Å². The fraction of sp³-hybridized carbons (Fsp3) is 0.529. The molecule has 20 heavy (non-hydrogen) atoms. The van der Waals surface area contributed by atoms with Crippen molar-refractivity contribution in [1.82, 2.24) is 4.90 Å². The summed E-state index contributed by atoms with van der Waals surface area (Å²) in [6.07, 6.45) is 2.61. The van der Waals surface area contributed by atoms with Crippen LogP contribution in [0.25, 0.3) is 11.0 Å². The Kier molecular flexibility index (Phi) is 3.81. The van der Waals surface area contributed by atoms with Crippen molar-refractivity contribution in [3.63, 3.8) is 0 Å². The first kappa shape index (κ1) is 13.7. The van der Waals surface area contributed by atoms with Crippen molar-refractivity contribution >= 4 is 11.0 Å². The maximum Gasteiger partial charge on any atom is 0.134 e. The Labute approximate surface area is 120 Å². The zero-order valence-electron chi connectivity index (χ0n) is 12.4. The summed E-state index contributed by atoms with van der Waals surface area (Å²) < 4.78 is 6.05. The number of piperidine rings is 1. The number of benzene rings is 1. The van der Waals surface area contributed by atoms with Crippen LogP contribution in [0.1, 0.15) is 38.0 Å². The second kappa shape index (κ2) is 5.58. The maximum absolute atomic E-state index is 6.05. The van der Waals surface area contributed by atoms with Gasteiger partial charge in [-0.1, -0.05) is 25.1 Å². The number of nitrogens with zero attached hydrogens (tertiary/aromatic N) is 1. The first-order valence-corrected chi connectivity index (χ1v) is 7.62. The molecule has 3 nitrogen and oxygen atoms in total. The van der Waals surface area contributed by atoms with Gasteiger partial charge in [-0.2, -0.15) is 0 Å². The highest BCUT2D eigenvalue weighted by atomic mass is 16.3. The Morgan fingerprint density at radius 2 is 2.05 bits per heavy atom. The number of rotatable bonds is 3. The fourth-order valence-corrected chi connectivity index (χ4v) is 3.29. The Morgan fingerprint density at radius 1 is 1.25 bits per heavy atom. The van der Waals surface area contributed by atoms with E-state index < -0.39 is 0 Å². The molecule has 2 N–H and O–H groups in total. The van der Waals surface area contributed by atoms with E-state index in [0.717, 1.165) is 30.4 Å². The second-order valence-electron chi connectivity index (χ2n) is 6.17. The monoisotopic (exact) mass is 272 g/mol. The molecular weight excluding hydrogens is 248 g/mol. The predicted molar refractivity (Wildman–Crippen MR) is 82.4 cm³/mol. The molecule has 2 aromatic rings. The van der Waals surface area contributed by atoms with Crippen molar-refractivity contribution < 1.29 is 4.42 Å². The zero-order chi connectivity index (χ0) is 14.1. The smallest absolute Gasteiger partial charge is 0.134 e. The first-order valence-electron chi connectivity index (χ1n) is 7.62. The average molecular weight is 272 g/mol. The number of hydrogen-bond acceptors (Lipinski definition) is 3. The van der Waals surface area contributed by atoms with Gasteiger partial charge in [0.15, 0.2) is 0 Å². The average Bonchev–Trinajstić information content (AvgIpc) is 2.80. The van der Waals surface area contributed by atoms with Gasteiger partial charge in [0.2, 0.25) is 0 Å². The normalized spacial score (nSPS) is 24.4. The van der Waals surface area contributed by atoms with Crippen molar-refractivity contribution in [3.8, 4) is 0 Å². The number of furan rings is 1. The summed E-state index contributed by atoms with van der Waals surface area (Å²) in [7, 11) is 0. The van der Waals surface area contributed by atoms with E-state index >= 15 is 0 Å². The van der Waals surface area contributed by atoms with Gasteiger partial charge in [0.25, 0.3) is 0 Å². The summed E-state index contributed by atoms with van der Waals surface area (Å²) in [5.74, 6) is 1.83. The molecule has 108 valence electrons. The molecule has 2 unspecified atom stereocenters. The van der Waals surface area contributed by atoms with Crippen molar-refractivity contribution in [2.75, 3.05) is 6.54 Å². The van der Waals surface area contributed by atoms with Crippen LogP contribution in [0.2, 0.25) is 0 Å². The van der Waals surface area contributed by atoms with Crippen molar-refractivity contribution in [2.45, 2.75) is 45.8 Å². The molecule has 0 spiro atoms. The molecule has 0 saturated carbocycles. The largest absolute Gasteiger partial charge is 0.459 e. The van der Waals surface area contributed by atoms with Crippen LogP contribution in [0.5, 0.6) is 0 Å². The summed E-state index contributed by atoms with van der Waals surface area (Å²) in [6.45, 7) is 7.23. The van der Waals surface area contributed by atoms with Crippen LogP contribution in [0.4, 0.5) is 0 Å². The fourth-order valence-electron chi connectivity index (χ4n) is 3.29. The van der Waals surface area contributed by atoms with Gasteiger partial charge >= 0.3 is 0 Å². The van der Waals surface area contributed by atoms with Crippen molar-refractivity contribution in [2.24, 2.45) is 11.7 Å². The third-order valence-electron chi connectivity index (χ3n) is 4.58. The number of nitrogens with two attached hydrogens (primary N) is 1. The van der Waals surface area contributed by atoms with Gasteiger partial charge in [-0.15, -0.1) is 0 Å². The van der Waals surface area contributed by atoms with E-state index in [0.29, 0.717) is 12.6 Å². The van der Waals surface area contributed by atoms with Gasteiger partial charge in [-0.3, -0.25) is 4.90 Å². The first-order chi connectivity index (χ1) is 9.69. The Hall–Kier alpha value is -1.32. The van der Waals surface area contributed by atoms with Crippen LogP contribution in [0.3, 0.4) is 0 Å². The highest BCUT2D eigenvalue weighted by Crippen LogP contribution is 2.29. The van der Waals surface area contributed by atoms with Crippen LogP contribution < -0.4 is 5.73 Å². The van der Waals surface area contributed by atoms with Gasteiger partial charge in [-0.05, 0) is 31.7 Å². The van der Waals surface area contributed by atoms with Crippen molar-refractivity contribution in [1.29, 1.82) is 0 Å². The van der Waals surface area contributed by atoms with Crippen molar-refractivity contribution in [3.05, 3.63) is 35.6 Å². The standard InChI is InChI=1S/C17H24N2O/c1-12-7-8-13(2)19(10-12)11-17-15(9-18)14-5-3-4-6-16(14)20-17/h3-6,12-13H,7-11,18H2,1-2H3. The van der Waals surface area contributed by atoms with E-state index in [4.69, 9.17) is 10.2 Å². The minimum Gasteiger partial charge on any atom is -0.459 e. The molecule has 3 heteroatoms. The van der Waals surface area contributed by atoms with E-state index in [-0.39, 0.29) is 0 Å². The van der Waals surface area contributed by atoms with Crippen LogP contribution in [-0.2, 0) is 13.1 Å². The SMILES string of the molecule is CC1CCC(C)N(Cc2oc3ccccc3c2CN)C1. The molecule has 1 fully saturated rings. The van der Waals surface area contributed by atoms with E-state index in [1.54, 1.807) is 0 Å². The predicted octanol–water partition coefficient (Wildman–Crippen LogP) is 3.51. The van der Waals surface area contributed by atoms with E-state index in [9.17, 15) is 0 Å². The van der Waals surface area contributed by atoms with Gasteiger partial charge in [0.1, 0.15) is 11.3 Å². The van der Waals surface area contributed by atoms with Crippen LogP contribution in [0, 0.1) is 5.92 Å². The maximum atomic E-state index is 6.05. The summed E-state index contributed by atoms with van der Waals surface area (Å²) in [5.41, 5.74) is 8.08. The molecular formula is C17H24N2O. The van der Waals surface area contributed by atoms with Crippen LogP contribution in [0.15, 0.2) is 28.7 Å². The van der Waals surface area contributed by atoms with E-state index in [2.05, 4.69) is 24.8 Å². The molecule has 0 aliphatic carbocycles. The third-order valence-corrected chi connectivity index (χ3v) is 4.58. The molecule has 0 radical (unpaired) electrons. The quantitative estimate of drug-likeness (QED) is 0.929. The second-order valence-corrected chi connectivity index (χ2v) is 6.17. The van der Waals surface area contributed by atoms with E-state index in [1.807, 2.05) is 18.2 Å². The molecule has 1 aliphatic heterocycles. The number of likely N-dealkylation sites (tertiary alicyclic amines) is 1. The molecule has 3 rings (SSSR count).